The predicted molar refractivity (Wildman–Crippen MR) is 117 cm³/mol. The van der Waals surface area contributed by atoms with E-state index < -0.39 is 16.1 Å². The monoisotopic (exact) mass is 433 g/mol. The van der Waals surface area contributed by atoms with Crippen molar-refractivity contribution in [2.75, 3.05) is 0 Å². The van der Waals surface area contributed by atoms with Gasteiger partial charge in [0.05, 0.1) is 0 Å². The Morgan fingerprint density at radius 1 is 0.903 bits per heavy atom. The first-order valence-electron chi connectivity index (χ1n) is 9.52. The van der Waals surface area contributed by atoms with E-state index in [4.69, 9.17) is 8.92 Å². The first kappa shape index (κ1) is 20.6. The molecule has 0 fully saturated rings. The zero-order valence-electron chi connectivity index (χ0n) is 16.9. The van der Waals surface area contributed by atoms with Gasteiger partial charge in [-0.25, -0.2) is 9.79 Å². The number of para-hydroxylation sites is 1. The highest BCUT2D eigenvalue weighted by Crippen LogP contribution is 2.27. The Labute approximate surface area is 180 Å². The molecule has 0 saturated carbocycles. The third-order valence-electron chi connectivity index (χ3n) is 4.61. The fourth-order valence-corrected chi connectivity index (χ4v) is 3.96. The lowest BCUT2D eigenvalue weighted by Crippen LogP contribution is -2.10. The van der Waals surface area contributed by atoms with Crippen LogP contribution in [-0.2, 0) is 19.6 Å². The minimum Gasteiger partial charge on any atom is -0.402 e. The summed E-state index contributed by atoms with van der Waals surface area (Å²) in [5, 5.41) is 0. The number of carbonyl (C=O) groups is 1. The summed E-state index contributed by atoms with van der Waals surface area (Å²) in [4.78, 5) is 16.7. The fraction of sp³-hybridized carbons (Fsp3) is 0.0833. The molecular formula is C24H19NO5S. The lowest BCUT2D eigenvalue weighted by Gasteiger charge is -2.09. The van der Waals surface area contributed by atoms with Crippen LogP contribution >= 0.6 is 0 Å². The first-order valence-corrected chi connectivity index (χ1v) is 10.9. The van der Waals surface area contributed by atoms with Gasteiger partial charge < -0.3 is 8.92 Å². The number of nitrogens with zero attached hydrogens (tertiary/aromatic N) is 1. The highest BCUT2D eigenvalue weighted by atomic mass is 32.2. The molecule has 0 unspecified atom stereocenters. The summed E-state index contributed by atoms with van der Waals surface area (Å²) in [6.45, 7) is 3.80. The third kappa shape index (κ3) is 4.57. The summed E-state index contributed by atoms with van der Waals surface area (Å²) >= 11 is 0. The number of esters is 1. The van der Waals surface area contributed by atoms with E-state index in [1.54, 1.807) is 36.4 Å². The molecule has 4 rings (SSSR count). The third-order valence-corrected chi connectivity index (χ3v) is 5.85. The normalized spacial score (nSPS) is 15.0. The number of ether oxygens (including phenoxy) is 1. The summed E-state index contributed by atoms with van der Waals surface area (Å²) in [5.41, 5.74) is 3.07. The van der Waals surface area contributed by atoms with Crippen molar-refractivity contribution in [3.05, 3.63) is 101 Å². The fourth-order valence-electron chi connectivity index (χ4n) is 3.00. The maximum atomic E-state index is 12.7. The molecule has 0 aromatic heterocycles. The van der Waals surface area contributed by atoms with Crippen LogP contribution < -0.4 is 4.18 Å². The minimum absolute atomic E-state index is 0.0422. The second-order valence-electron chi connectivity index (χ2n) is 7.09. The minimum atomic E-state index is -4.04. The van der Waals surface area contributed by atoms with Crippen LogP contribution in [0.1, 0.15) is 22.3 Å². The van der Waals surface area contributed by atoms with Crippen LogP contribution in [0.2, 0.25) is 0 Å². The Bertz CT molecular complexity index is 1320. The number of benzene rings is 3. The molecule has 0 saturated heterocycles. The van der Waals surface area contributed by atoms with Crippen LogP contribution in [0, 0.1) is 13.8 Å². The molecule has 1 heterocycles. The van der Waals surface area contributed by atoms with Crippen LogP contribution in [-0.4, -0.2) is 20.3 Å². The molecule has 0 radical (unpaired) electrons. The Hall–Kier alpha value is -3.71. The molecule has 0 bridgehead atoms. The zero-order chi connectivity index (χ0) is 22.0. The maximum Gasteiger partial charge on any atom is 0.363 e. The van der Waals surface area contributed by atoms with Crippen LogP contribution in [0.15, 0.2) is 88.4 Å². The highest BCUT2D eigenvalue weighted by molar-refractivity contribution is 7.87. The second-order valence-corrected chi connectivity index (χ2v) is 8.64. The molecule has 156 valence electrons. The molecule has 0 spiro atoms. The van der Waals surface area contributed by atoms with E-state index in [1.165, 1.54) is 24.3 Å². The Morgan fingerprint density at radius 2 is 1.65 bits per heavy atom. The standard InChI is InChI=1S/C24H19NO5S/c1-16-10-12-20(13-11-16)31(27,28)30-22-9-4-3-7-18(22)15-21-24(26)29-23(25-21)19-8-5-6-17(2)14-19/h3-15H,1-2H3/b21-15-. The SMILES string of the molecule is Cc1ccc(S(=O)(=O)Oc2ccccc2/C=C2\N=C(c3cccc(C)c3)OC2=O)cc1. The van der Waals surface area contributed by atoms with Gasteiger partial charge in [0.1, 0.15) is 10.6 Å². The molecule has 31 heavy (non-hydrogen) atoms. The molecular weight excluding hydrogens is 414 g/mol. The van der Waals surface area contributed by atoms with Gasteiger partial charge in [-0.1, -0.05) is 53.6 Å². The van der Waals surface area contributed by atoms with Crippen molar-refractivity contribution in [2.45, 2.75) is 18.7 Å². The van der Waals surface area contributed by atoms with E-state index in [-0.39, 0.29) is 22.2 Å². The molecule has 3 aromatic carbocycles. The predicted octanol–water partition coefficient (Wildman–Crippen LogP) is 4.42. The topological polar surface area (TPSA) is 82.0 Å². The zero-order valence-corrected chi connectivity index (χ0v) is 17.7. The van der Waals surface area contributed by atoms with E-state index >= 15 is 0 Å². The van der Waals surface area contributed by atoms with Crippen LogP contribution in [0.3, 0.4) is 0 Å². The first-order chi connectivity index (χ1) is 14.8. The van der Waals surface area contributed by atoms with Gasteiger partial charge in [-0.15, -0.1) is 0 Å². The molecule has 0 amide bonds. The summed E-state index contributed by atoms with van der Waals surface area (Å²) in [7, 11) is -4.04. The molecule has 1 aliphatic rings. The molecule has 7 heteroatoms. The van der Waals surface area contributed by atoms with Gasteiger partial charge >= 0.3 is 16.1 Å². The largest absolute Gasteiger partial charge is 0.402 e. The van der Waals surface area contributed by atoms with Crippen LogP contribution in [0.25, 0.3) is 6.08 Å². The van der Waals surface area contributed by atoms with Gasteiger partial charge in [0, 0.05) is 11.1 Å². The summed E-state index contributed by atoms with van der Waals surface area (Å²) in [6.07, 6.45) is 1.45. The number of hydrogen-bond donors (Lipinski definition) is 0. The number of aliphatic imine (C=N–C) groups is 1. The molecule has 0 atom stereocenters. The summed E-state index contributed by atoms with van der Waals surface area (Å²) < 4.78 is 36.0. The van der Waals surface area contributed by atoms with Crippen molar-refractivity contribution in [1.82, 2.24) is 0 Å². The molecule has 1 aliphatic heterocycles. The smallest absolute Gasteiger partial charge is 0.363 e. The van der Waals surface area contributed by atoms with Gasteiger partial charge in [0.15, 0.2) is 5.70 Å². The maximum absolute atomic E-state index is 12.7. The van der Waals surface area contributed by atoms with E-state index in [0.717, 1.165) is 11.1 Å². The van der Waals surface area contributed by atoms with Crippen molar-refractivity contribution in [3.63, 3.8) is 0 Å². The molecule has 3 aromatic rings. The second kappa shape index (κ2) is 8.20. The number of hydrogen-bond acceptors (Lipinski definition) is 6. The van der Waals surface area contributed by atoms with Crippen molar-refractivity contribution in [3.8, 4) is 5.75 Å². The van der Waals surface area contributed by atoms with Crippen molar-refractivity contribution in [2.24, 2.45) is 4.99 Å². The molecule has 0 aliphatic carbocycles. The van der Waals surface area contributed by atoms with E-state index in [2.05, 4.69) is 4.99 Å². The van der Waals surface area contributed by atoms with Gasteiger partial charge in [-0.2, -0.15) is 8.42 Å². The Kier molecular flexibility index (Phi) is 5.44. The highest BCUT2D eigenvalue weighted by Gasteiger charge is 2.25. The van der Waals surface area contributed by atoms with Crippen LogP contribution in [0.5, 0.6) is 5.75 Å². The quantitative estimate of drug-likeness (QED) is 0.338. The van der Waals surface area contributed by atoms with E-state index in [0.29, 0.717) is 11.1 Å². The van der Waals surface area contributed by atoms with Gasteiger partial charge in [-0.05, 0) is 50.3 Å². The Balaban J connectivity index is 1.66. The van der Waals surface area contributed by atoms with Gasteiger partial charge in [0.2, 0.25) is 5.90 Å². The van der Waals surface area contributed by atoms with Gasteiger partial charge in [0.25, 0.3) is 0 Å². The molecule has 6 nitrogen and oxygen atoms in total. The van der Waals surface area contributed by atoms with Crippen molar-refractivity contribution < 1.29 is 22.1 Å². The summed E-state index contributed by atoms with van der Waals surface area (Å²) in [6, 6.07) is 20.3. The summed E-state index contributed by atoms with van der Waals surface area (Å²) in [5.74, 6) is -0.332. The lowest BCUT2D eigenvalue weighted by molar-refractivity contribution is -0.129. The van der Waals surface area contributed by atoms with E-state index in [1.807, 2.05) is 32.0 Å². The Morgan fingerprint density at radius 3 is 2.39 bits per heavy atom. The number of aryl methyl sites for hydroxylation is 2. The van der Waals surface area contributed by atoms with Crippen LogP contribution in [0.4, 0.5) is 0 Å². The molecule has 0 N–H and O–H groups in total. The van der Waals surface area contributed by atoms with E-state index in [9.17, 15) is 13.2 Å². The van der Waals surface area contributed by atoms with Crippen molar-refractivity contribution >= 4 is 28.1 Å². The number of rotatable bonds is 5. The lowest BCUT2D eigenvalue weighted by atomic mass is 10.1. The average molecular weight is 433 g/mol. The average Bonchev–Trinajstić information content (AvgIpc) is 3.10. The number of cyclic esters (lactones) is 1. The number of carbonyl (C=O) groups excluding carboxylic acids is 1. The van der Waals surface area contributed by atoms with Crippen molar-refractivity contribution in [1.29, 1.82) is 0 Å². The van der Waals surface area contributed by atoms with Gasteiger partial charge in [-0.3, -0.25) is 0 Å².